The van der Waals surface area contributed by atoms with E-state index >= 15 is 0 Å². The number of hydrogen-bond donors (Lipinski definition) is 0. The fourth-order valence-corrected chi connectivity index (χ4v) is 3.46. The molecule has 0 N–H and O–H groups in total. The molecule has 0 fully saturated rings. The van der Waals surface area contributed by atoms with Gasteiger partial charge in [-0.25, -0.2) is 0 Å². The van der Waals surface area contributed by atoms with E-state index in [9.17, 15) is 4.79 Å². The molecule has 1 aliphatic heterocycles. The molecule has 3 nitrogen and oxygen atoms in total. The number of carbonyl (C=O) groups is 1. The third kappa shape index (κ3) is 3.08. The minimum atomic E-state index is 0.0875. The number of hydrogen-bond acceptors (Lipinski definition) is 3. The maximum Gasteiger partial charge on any atom is 0.258 e. The van der Waals surface area contributed by atoms with E-state index in [1.54, 1.807) is 18.9 Å². The van der Waals surface area contributed by atoms with Gasteiger partial charge in [0.1, 0.15) is 5.75 Å². The Kier molecular flexibility index (Phi) is 4.62. The number of aryl methyl sites for hydroxylation is 2. The Bertz CT molecular complexity index is 742. The fraction of sp³-hybridized carbons (Fsp3) is 0.316. The second kappa shape index (κ2) is 6.67. The molecular formula is C19H21NO2S. The van der Waals surface area contributed by atoms with Crippen LogP contribution < -0.4 is 9.64 Å². The Balaban J connectivity index is 1.99. The zero-order valence-corrected chi connectivity index (χ0v) is 14.6. The minimum absolute atomic E-state index is 0.0875. The molecule has 2 aromatic rings. The van der Waals surface area contributed by atoms with Crippen molar-refractivity contribution in [3.05, 3.63) is 53.1 Å². The predicted octanol–water partition coefficient (Wildman–Crippen LogP) is 4.32. The molecule has 3 rings (SSSR count). The van der Waals surface area contributed by atoms with Gasteiger partial charge in [-0.3, -0.25) is 4.79 Å². The summed E-state index contributed by atoms with van der Waals surface area (Å²) >= 11 is 1.66. The van der Waals surface area contributed by atoms with E-state index in [-0.39, 0.29) is 5.91 Å². The van der Waals surface area contributed by atoms with Crippen molar-refractivity contribution in [2.75, 3.05) is 24.8 Å². The van der Waals surface area contributed by atoms with Gasteiger partial charge in [0.25, 0.3) is 5.91 Å². The van der Waals surface area contributed by atoms with Crippen LogP contribution in [-0.2, 0) is 6.42 Å². The average Bonchev–Trinajstić information content (AvgIpc) is 2.60. The lowest BCUT2D eigenvalue weighted by Crippen LogP contribution is -2.35. The second-order valence-corrected chi connectivity index (χ2v) is 6.62. The van der Waals surface area contributed by atoms with E-state index in [1.807, 2.05) is 48.4 Å². The minimum Gasteiger partial charge on any atom is -0.497 e. The van der Waals surface area contributed by atoms with Crippen molar-refractivity contribution < 1.29 is 9.53 Å². The molecule has 0 radical (unpaired) electrons. The van der Waals surface area contributed by atoms with Gasteiger partial charge in [0.2, 0.25) is 0 Å². The summed E-state index contributed by atoms with van der Waals surface area (Å²) in [5.41, 5.74) is 4.01. The number of nitrogens with zero attached hydrogens (tertiary/aromatic N) is 1. The highest BCUT2D eigenvalue weighted by molar-refractivity contribution is 7.98. The molecule has 0 saturated heterocycles. The van der Waals surface area contributed by atoms with Crippen molar-refractivity contribution in [1.82, 2.24) is 0 Å². The molecule has 0 spiro atoms. The lowest BCUT2D eigenvalue weighted by atomic mass is 9.99. The number of carbonyl (C=O) groups excluding carboxylic acids is 1. The van der Waals surface area contributed by atoms with Gasteiger partial charge < -0.3 is 9.64 Å². The number of amides is 1. The summed E-state index contributed by atoms with van der Waals surface area (Å²) in [6, 6.07) is 12.1. The lowest BCUT2D eigenvalue weighted by Gasteiger charge is -2.30. The largest absolute Gasteiger partial charge is 0.497 e. The lowest BCUT2D eigenvalue weighted by molar-refractivity contribution is 0.0984. The van der Waals surface area contributed by atoms with Gasteiger partial charge in [-0.15, -0.1) is 11.8 Å². The number of rotatable bonds is 3. The van der Waals surface area contributed by atoms with E-state index in [1.165, 1.54) is 5.56 Å². The number of anilines is 1. The third-order valence-corrected chi connectivity index (χ3v) is 5.05. The van der Waals surface area contributed by atoms with Gasteiger partial charge in [-0.1, -0.05) is 6.07 Å². The Labute approximate surface area is 141 Å². The normalized spacial score (nSPS) is 13.6. The van der Waals surface area contributed by atoms with E-state index in [0.717, 1.165) is 46.8 Å². The molecule has 0 unspecified atom stereocenters. The van der Waals surface area contributed by atoms with Gasteiger partial charge in [-0.05, 0) is 67.5 Å². The maximum atomic E-state index is 13.1. The monoisotopic (exact) mass is 327 g/mol. The fourth-order valence-electron chi connectivity index (χ4n) is 3.02. The first-order chi connectivity index (χ1) is 11.1. The number of thioether (sulfide) groups is 1. The second-order valence-electron chi connectivity index (χ2n) is 5.74. The van der Waals surface area contributed by atoms with Crippen molar-refractivity contribution in [2.45, 2.75) is 24.7 Å². The van der Waals surface area contributed by atoms with Gasteiger partial charge >= 0.3 is 0 Å². The summed E-state index contributed by atoms with van der Waals surface area (Å²) in [6.45, 7) is 2.76. The Morgan fingerprint density at radius 2 is 2.04 bits per heavy atom. The van der Waals surface area contributed by atoms with Crippen LogP contribution in [0.25, 0.3) is 0 Å². The Hall–Kier alpha value is -1.94. The van der Waals surface area contributed by atoms with Gasteiger partial charge in [0, 0.05) is 22.7 Å². The highest BCUT2D eigenvalue weighted by Gasteiger charge is 2.25. The molecule has 0 aliphatic carbocycles. The van der Waals surface area contributed by atoms with Crippen LogP contribution in [-0.4, -0.2) is 25.8 Å². The van der Waals surface area contributed by atoms with Crippen LogP contribution >= 0.6 is 11.8 Å². The molecule has 2 aromatic carbocycles. The summed E-state index contributed by atoms with van der Waals surface area (Å²) < 4.78 is 5.30. The topological polar surface area (TPSA) is 29.5 Å². The Morgan fingerprint density at radius 3 is 2.78 bits per heavy atom. The molecule has 1 aliphatic rings. The van der Waals surface area contributed by atoms with Crippen molar-refractivity contribution >= 4 is 23.4 Å². The standard InChI is InChI=1S/C19H21NO2S/c1-13-6-8-16(23-3)12-17(13)19(21)20-10-4-5-14-11-15(22-2)7-9-18(14)20/h6-9,11-12H,4-5,10H2,1-3H3. The highest BCUT2D eigenvalue weighted by atomic mass is 32.2. The molecule has 1 heterocycles. The van der Waals surface area contributed by atoms with Crippen LogP contribution in [0, 0.1) is 6.92 Å². The molecule has 0 atom stereocenters. The van der Waals surface area contributed by atoms with Crippen LogP contribution in [0.5, 0.6) is 5.75 Å². The van der Waals surface area contributed by atoms with Gasteiger partial charge in [-0.2, -0.15) is 0 Å². The zero-order chi connectivity index (χ0) is 16.4. The number of fused-ring (bicyclic) bond motifs is 1. The van der Waals surface area contributed by atoms with Crippen molar-refractivity contribution in [2.24, 2.45) is 0 Å². The van der Waals surface area contributed by atoms with Crippen molar-refractivity contribution in [1.29, 1.82) is 0 Å². The first-order valence-electron chi connectivity index (χ1n) is 7.77. The van der Waals surface area contributed by atoms with Crippen LogP contribution in [0.2, 0.25) is 0 Å². The number of ether oxygens (including phenoxy) is 1. The van der Waals surface area contributed by atoms with E-state index in [4.69, 9.17) is 4.74 Å². The molecule has 120 valence electrons. The Morgan fingerprint density at radius 1 is 1.22 bits per heavy atom. The van der Waals surface area contributed by atoms with E-state index in [2.05, 4.69) is 6.07 Å². The van der Waals surface area contributed by atoms with E-state index < -0.39 is 0 Å². The molecule has 23 heavy (non-hydrogen) atoms. The number of benzene rings is 2. The zero-order valence-electron chi connectivity index (χ0n) is 13.8. The highest BCUT2D eigenvalue weighted by Crippen LogP contribution is 2.32. The van der Waals surface area contributed by atoms with Crippen molar-refractivity contribution in [3.63, 3.8) is 0 Å². The summed E-state index contributed by atoms with van der Waals surface area (Å²) in [7, 11) is 1.67. The first-order valence-corrected chi connectivity index (χ1v) is 9.00. The van der Waals surface area contributed by atoms with E-state index in [0.29, 0.717) is 0 Å². The van der Waals surface area contributed by atoms with Crippen LogP contribution in [0.15, 0.2) is 41.3 Å². The summed E-state index contributed by atoms with van der Waals surface area (Å²) in [4.78, 5) is 16.1. The number of methoxy groups -OCH3 is 1. The molecule has 0 bridgehead atoms. The van der Waals surface area contributed by atoms with Crippen molar-refractivity contribution in [3.8, 4) is 5.75 Å². The summed E-state index contributed by atoms with van der Waals surface area (Å²) in [6.07, 6.45) is 3.99. The summed E-state index contributed by atoms with van der Waals surface area (Å²) in [5.74, 6) is 0.933. The molecular weight excluding hydrogens is 306 g/mol. The molecule has 0 aromatic heterocycles. The van der Waals surface area contributed by atoms with Crippen LogP contribution in [0.3, 0.4) is 0 Å². The molecule has 1 amide bonds. The maximum absolute atomic E-state index is 13.1. The van der Waals surface area contributed by atoms with Crippen LogP contribution in [0.4, 0.5) is 5.69 Å². The van der Waals surface area contributed by atoms with Gasteiger partial charge in [0.05, 0.1) is 7.11 Å². The SMILES string of the molecule is COc1ccc2c(c1)CCCN2C(=O)c1cc(SC)ccc1C. The third-order valence-electron chi connectivity index (χ3n) is 4.33. The predicted molar refractivity (Wildman–Crippen MR) is 96.0 cm³/mol. The van der Waals surface area contributed by atoms with Crippen LogP contribution in [0.1, 0.15) is 27.9 Å². The smallest absolute Gasteiger partial charge is 0.258 e. The first kappa shape index (κ1) is 15.9. The quantitative estimate of drug-likeness (QED) is 0.786. The molecule has 4 heteroatoms. The molecule has 0 saturated carbocycles. The average molecular weight is 327 g/mol. The summed E-state index contributed by atoms with van der Waals surface area (Å²) in [5, 5.41) is 0. The van der Waals surface area contributed by atoms with Gasteiger partial charge in [0.15, 0.2) is 0 Å².